The van der Waals surface area contributed by atoms with E-state index in [2.05, 4.69) is 42.2 Å². The van der Waals surface area contributed by atoms with Crippen molar-refractivity contribution in [2.75, 3.05) is 11.4 Å². The summed E-state index contributed by atoms with van der Waals surface area (Å²) >= 11 is 6.83. The van der Waals surface area contributed by atoms with E-state index >= 15 is 0 Å². The van der Waals surface area contributed by atoms with E-state index in [1.807, 2.05) is 60.7 Å². The number of hydrazone groups is 1. The number of rotatable bonds is 5. The highest BCUT2D eigenvalue weighted by Gasteiger charge is 2.55. The Morgan fingerprint density at radius 2 is 1.66 bits per heavy atom. The molecule has 38 heavy (non-hydrogen) atoms. The van der Waals surface area contributed by atoms with Gasteiger partial charge in [0.1, 0.15) is 6.54 Å². The predicted octanol–water partition coefficient (Wildman–Crippen LogP) is 4.88. The van der Waals surface area contributed by atoms with Crippen LogP contribution in [0.5, 0.6) is 0 Å². The maximum atomic E-state index is 13.6. The first kappa shape index (κ1) is 24.6. The summed E-state index contributed by atoms with van der Waals surface area (Å²) < 4.78 is 1.69. The van der Waals surface area contributed by atoms with Gasteiger partial charge in [-0.05, 0) is 41.5 Å². The lowest BCUT2D eigenvalue weighted by Gasteiger charge is -2.25. The van der Waals surface area contributed by atoms with Crippen molar-refractivity contribution in [1.82, 2.24) is 10.0 Å². The fourth-order valence-corrected chi connectivity index (χ4v) is 5.58. The molecule has 0 aromatic heterocycles. The van der Waals surface area contributed by atoms with Gasteiger partial charge in [-0.3, -0.25) is 19.4 Å². The van der Waals surface area contributed by atoms with E-state index in [0.29, 0.717) is 12.1 Å². The second kappa shape index (κ2) is 9.88. The second-order valence-electron chi connectivity index (χ2n) is 9.11. The summed E-state index contributed by atoms with van der Waals surface area (Å²) in [5.41, 5.74) is 3.10. The SMILES string of the molecule is O=C1[C@@H]2N=NN(CC(=O)N3N=C(c4ccc(Br)cc4)C[C@@H]3c3ccccc3)[C@H]2C(=O)N1c1cccc(Br)c1. The minimum Gasteiger partial charge on any atom is -0.271 e. The molecule has 1 fully saturated rings. The maximum Gasteiger partial charge on any atom is 0.264 e. The van der Waals surface area contributed by atoms with Gasteiger partial charge in [0.25, 0.3) is 17.7 Å². The van der Waals surface area contributed by atoms with Crippen LogP contribution < -0.4 is 4.90 Å². The lowest BCUT2D eigenvalue weighted by Crippen LogP contribution is -2.44. The van der Waals surface area contributed by atoms with Crippen molar-refractivity contribution in [3.63, 3.8) is 0 Å². The monoisotopic (exact) mass is 634 g/mol. The van der Waals surface area contributed by atoms with Crippen molar-refractivity contribution < 1.29 is 14.4 Å². The molecule has 0 N–H and O–H groups in total. The molecule has 3 atom stereocenters. The van der Waals surface area contributed by atoms with Crippen LogP contribution in [-0.4, -0.2) is 52.1 Å². The average molecular weight is 636 g/mol. The molecule has 3 aromatic rings. The Morgan fingerprint density at radius 3 is 2.39 bits per heavy atom. The number of amides is 3. The average Bonchev–Trinajstić information content (AvgIpc) is 3.60. The van der Waals surface area contributed by atoms with Crippen LogP contribution in [0.4, 0.5) is 5.69 Å². The standard InChI is InChI=1S/C27H20Br2N6O3/c28-18-11-9-16(10-12-18)21-14-22(17-5-2-1-3-6-17)35(31-21)23(36)15-33-25-24(30-32-33)26(37)34(27(25)38)20-8-4-7-19(29)13-20/h1-13,22,24-25H,14-15H2/t22-,24-,25-/m1/s1. The van der Waals surface area contributed by atoms with Crippen molar-refractivity contribution in [3.8, 4) is 0 Å². The van der Waals surface area contributed by atoms with Crippen LogP contribution in [0.25, 0.3) is 0 Å². The molecule has 9 nitrogen and oxygen atoms in total. The van der Waals surface area contributed by atoms with E-state index in [1.54, 1.807) is 18.2 Å². The molecule has 3 amide bonds. The molecule has 0 aliphatic carbocycles. The molecular formula is C27H20Br2N6O3. The van der Waals surface area contributed by atoms with E-state index in [9.17, 15) is 14.4 Å². The summed E-state index contributed by atoms with van der Waals surface area (Å²) in [6.45, 7) is -0.240. The third kappa shape index (κ3) is 4.35. The zero-order valence-corrected chi connectivity index (χ0v) is 23.0. The Labute approximate surface area is 235 Å². The molecule has 3 aromatic carbocycles. The first-order chi connectivity index (χ1) is 18.4. The second-order valence-corrected chi connectivity index (χ2v) is 10.9. The summed E-state index contributed by atoms with van der Waals surface area (Å²) in [6, 6.07) is 22.1. The molecule has 3 aliphatic heterocycles. The number of nitrogens with zero attached hydrogens (tertiary/aromatic N) is 6. The third-order valence-electron chi connectivity index (χ3n) is 6.75. The zero-order chi connectivity index (χ0) is 26.4. The van der Waals surface area contributed by atoms with Gasteiger partial charge in [-0.2, -0.15) is 10.2 Å². The topological polar surface area (TPSA) is 98.0 Å². The molecule has 0 saturated carbocycles. The van der Waals surface area contributed by atoms with Gasteiger partial charge in [0.15, 0.2) is 12.1 Å². The Balaban J connectivity index is 1.26. The van der Waals surface area contributed by atoms with Crippen LogP contribution >= 0.6 is 31.9 Å². The van der Waals surface area contributed by atoms with E-state index in [-0.39, 0.29) is 18.5 Å². The molecule has 0 unspecified atom stereocenters. The molecule has 0 bridgehead atoms. The summed E-state index contributed by atoms with van der Waals surface area (Å²) in [5.74, 6) is -1.27. The van der Waals surface area contributed by atoms with Crippen LogP contribution in [0.3, 0.4) is 0 Å². The fourth-order valence-electron chi connectivity index (χ4n) is 4.93. The van der Waals surface area contributed by atoms with Crippen molar-refractivity contribution in [2.45, 2.75) is 24.5 Å². The molecular weight excluding hydrogens is 616 g/mol. The normalized spacial score (nSPS) is 22.3. The molecule has 3 heterocycles. The highest BCUT2D eigenvalue weighted by molar-refractivity contribution is 9.10. The van der Waals surface area contributed by atoms with Gasteiger partial charge in [0.05, 0.1) is 17.4 Å². The first-order valence-electron chi connectivity index (χ1n) is 11.9. The summed E-state index contributed by atoms with van der Waals surface area (Å²) in [5, 5.41) is 15.6. The van der Waals surface area contributed by atoms with Gasteiger partial charge >= 0.3 is 0 Å². The Bertz CT molecular complexity index is 1490. The molecule has 3 aliphatic rings. The highest BCUT2D eigenvalue weighted by atomic mass is 79.9. The number of halogens is 2. The highest BCUT2D eigenvalue weighted by Crippen LogP contribution is 2.35. The summed E-state index contributed by atoms with van der Waals surface area (Å²) in [6.07, 6.45) is 0.541. The van der Waals surface area contributed by atoms with Crippen LogP contribution in [0.15, 0.2) is 103 Å². The first-order valence-corrected chi connectivity index (χ1v) is 13.5. The largest absolute Gasteiger partial charge is 0.271 e. The molecule has 6 rings (SSSR count). The van der Waals surface area contributed by atoms with Crippen molar-refractivity contribution in [2.24, 2.45) is 15.4 Å². The molecule has 0 radical (unpaired) electrons. The number of benzene rings is 3. The lowest BCUT2D eigenvalue weighted by atomic mass is 9.98. The van der Waals surface area contributed by atoms with Crippen molar-refractivity contribution in [1.29, 1.82) is 0 Å². The van der Waals surface area contributed by atoms with Crippen LogP contribution in [0.2, 0.25) is 0 Å². The number of carbonyl (C=O) groups excluding carboxylic acids is 3. The third-order valence-corrected chi connectivity index (χ3v) is 7.77. The van der Waals surface area contributed by atoms with Gasteiger partial charge in [-0.1, -0.05) is 85.6 Å². The number of hydrogen-bond acceptors (Lipinski definition) is 7. The van der Waals surface area contributed by atoms with Crippen molar-refractivity contribution >= 4 is 61.0 Å². The number of anilines is 1. The number of imide groups is 1. The summed E-state index contributed by atoms with van der Waals surface area (Å²) in [4.78, 5) is 41.1. The van der Waals surface area contributed by atoms with E-state index in [1.165, 1.54) is 10.0 Å². The number of hydrogen-bond donors (Lipinski definition) is 0. The Hall–Kier alpha value is -3.70. The molecule has 1 saturated heterocycles. The fraction of sp³-hybridized carbons (Fsp3) is 0.185. The summed E-state index contributed by atoms with van der Waals surface area (Å²) in [7, 11) is 0. The van der Waals surface area contributed by atoms with E-state index in [0.717, 1.165) is 30.7 Å². The van der Waals surface area contributed by atoms with Crippen LogP contribution in [0.1, 0.15) is 23.6 Å². The maximum absolute atomic E-state index is 13.6. The lowest BCUT2D eigenvalue weighted by molar-refractivity contribution is -0.135. The Kier molecular flexibility index (Phi) is 6.40. The van der Waals surface area contributed by atoms with Gasteiger partial charge in [-0.15, -0.1) is 0 Å². The smallest absolute Gasteiger partial charge is 0.264 e. The number of carbonyl (C=O) groups is 3. The molecule has 11 heteroatoms. The van der Waals surface area contributed by atoms with Gasteiger partial charge in [0, 0.05) is 15.4 Å². The Morgan fingerprint density at radius 1 is 0.895 bits per heavy atom. The van der Waals surface area contributed by atoms with Crippen LogP contribution in [-0.2, 0) is 14.4 Å². The van der Waals surface area contributed by atoms with Gasteiger partial charge in [-0.25, -0.2) is 9.91 Å². The van der Waals surface area contributed by atoms with Gasteiger partial charge < -0.3 is 0 Å². The number of fused-ring (bicyclic) bond motifs is 1. The van der Waals surface area contributed by atoms with Gasteiger partial charge in [0.2, 0.25) is 0 Å². The van der Waals surface area contributed by atoms with Crippen LogP contribution in [0, 0.1) is 0 Å². The molecule has 190 valence electrons. The predicted molar refractivity (Wildman–Crippen MR) is 147 cm³/mol. The minimum atomic E-state index is -0.986. The van der Waals surface area contributed by atoms with E-state index in [4.69, 9.17) is 5.10 Å². The van der Waals surface area contributed by atoms with E-state index < -0.39 is 23.9 Å². The van der Waals surface area contributed by atoms with Crippen molar-refractivity contribution in [3.05, 3.63) is 98.9 Å². The minimum absolute atomic E-state index is 0.240. The molecule has 0 spiro atoms. The quantitative estimate of drug-likeness (QED) is 0.373. The zero-order valence-electron chi connectivity index (χ0n) is 19.8.